The van der Waals surface area contributed by atoms with Gasteiger partial charge in [-0.25, -0.2) is 14.8 Å². The Balaban J connectivity index is 1.43. The summed E-state index contributed by atoms with van der Waals surface area (Å²) < 4.78 is 3.36. The van der Waals surface area contributed by atoms with Crippen molar-refractivity contribution in [2.24, 2.45) is 0 Å². The number of aryl methyl sites for hydroxylation is 3. The highest BCUT2D eigenvalue weighted by atomic mass is 16.3. The van der Waals surface area contributed by atoms with Gasteiger partial charge in [-0.05, 0) is 38.3 Å². The van der Waals surface area contributed by atoms with Crippen LogP contribution in [0.2, 0.25) is 0 Å². The molecule has 0 aliphatic heterocycles. The number of hydrogen-bond acceptors (Lipinski definition) is 8. The molecule has 0 aliphatic carbocycles. The number of aromatic hydroxyl groups is 1. The van der Waals surface area contributed by atoms with Crippen LogP contribution in [0.25, 0.3) is 22.1 Å². The molecule has 0 atom stereocenters. The van der Waals surface area contributed by atoms with E-state index in [0.29, 0.717) is 30.0 Å². The summed E-state index contributed by atoms with van der Waals surface area (Å²) in [4.78, 5) is 41.5. The molecule has 4 heterocycles. The lowest BCUT2D eigenvalue weighted by molar-refractivity contribution is -0.121. The number of nitrogens with two attached hydrogens (primary N) is 1. The summed E-state index contributed by atoms with van der Waals surface area (Å²) in [6, 6.07) is 3.73. The number of anilines is 1. The van der Waals surface area contributed by atoms with E-state index in [9.17, 15) is 14.7 Å². The van der Waals surface area contributed by atoms with Crippen LogP contribution in [-0.2, 0) is 24.3 Å². The number of hydrogen-bond donors (Lipinski definition) is 3. The molecule has 184 valence electrons. The molecule has 0 radical (unpaired) electrons. The van der Waals surface area contributed by atoms with Crippen molar-refractivity contribution in [3.63, 3.8) is 0 Å². The molecule has 4 aromatic heterocycles. The smallest absolute Gasteiger partial charge is 0.351 e. The van der Waals surface area contributed by atoms with Gasteiger partial charge >= 0.3 is 5.69 Å². The Morgan fingerprint density at radius 2 is 2.00 bits per heavy atom. The van der Waals surface area contributed by atoms with Crippen LogP contribution in [-0.4, -0.2) is 46.6 Å². The molecule has 1 amide bonds. The third kappa shape index (κ3) is 5.23. The van der Waals surface area contributed by atoms with Crippen LogP contribution in [0.5, 0.6) is 5.88 Å². The monoisotopic (exact) mass is 478 g/mol. The van der Waals surface area contributed by atoms with Crippen LogP contribution in [0.4, 0.5) is 5.82 Å². The topological polar surface area (TPSA) is 154 Å². The summed E-state index contributed by atoms with van der Waals surface area (Å²) in [5.74, 6) is 0.757. The first-order valence-corrected chi connectivity index (χ1v) is 11.8. The van der Waals surface area contributed by atoms with Crippen LogP contribution >= 0.6 is 0 Å². The van der Waals surface area contributed by atoms with Crippen molar-refractivity contribution in [1.29, 1.82) is 0 Å². The van der Waals surface area contributed by atoms with E-state index >= 15 is 0 Å². The molecular formula is C24H30N8O3. The fourth-order valence-corrected chi connectivity index (χ4v) is 4.07. The van der Waals surface area contributed by atoms with Gasteiger partial charge in [-0.15, -0.1) is 0 Å². The second-order valence-electron chi connectivity index (χ2n) is 8.56. The lowest BCUT2D eigenvalue weighted by Crippen LogP contribution is -2.33. The number of carbonyl (C=O) groups excluding carboxylic acids is 1. The first-order valence-electron chi connectivity index (χ1n) is 11.8. The Labute approximate surface area is 202 Å². The lowest BCUT2D eigenvalue weighted by atomic mass is 10.2. The number of rotatable bonds is 10. The molecule has 11 heteroatoms. The molecule has 0 saturated heterocycles. The van der Waals surface area contributed by atoms with Crippen molar-refractivity contribution in [3.05, 3.63) is 46.4 Å². The van der Waals surface area contributed by atoms with E-state index in [1.165, 1.54) is 10.8 Å². The second kappa shape index (κ2) is 10.5. The molecule has 0 bridgehead atoms. The summed E-state index contributed by atoms with van der Waals surface area (Å²) in [5, 5.41) is 12.3. The average Bonchev–Trinajstić information content (AvgIpc) is 3.20. The summed E-state index contributed by atoms with van der Waals surface area (Å²) in [7, 11) is 0. The third-order valence-electron chi connectivity index (χ3n) is 5.89. The molecule has 0 aliphatic rings. The number of unbranched alkanes of at least 4 members (excludes halogenated alkanes) is 2. The predicted molar refractivity (Wildman–Crippen MR) is 133 cm³/mol. The predicted octanol–water partition coefficient (Wildman–Crippen LogP) is 2.07. The van der Waals surface area contributed by atoms with Crippen LogP contribution in [0, 0.1) is 6.92 Å². The third-order valence-corrected chi connectivity index (χ3v) is 5.89. The number of pyridine rings is 2. The summed E-state index contributed by atoms with van der Waals surface area (Å²) >= 11 is 0. The lowest BCUT2D eigenvalue weighted by Gasteiger charge is -2.11. The normalized spacial score (nSPS) is 11.4. The number of nitrogen functional groups attached to an aromatic ring is 1. The molecule has 0 unspecified atom stereocenters. The van der Waals surface area contributed by atoms with Crippen LogP contribution in [0.1, 0.15) is 44.0 Å². The van der Waals surface area contributed by atoms with Crippen molar-refractivity contribution in [1.82, 2.24) is 34.4 Å². The highest BCUT2D eigenvalue weighted by molar-refractivity contribution is 6.04. The molecule has 4 N–H and O–H groups in total. The number of imidazole rings is 1. The van der Waals surface area contributed by atoms with Crippen molar-refractivity contribution >= 4 is 33.8 Å². The van der Waals surface area contributed by atoms with Gasteiger partial charge in [-0.3, -0.25) is 14.3 Å². The quantitative estimate of drug-likeness (QED) is 0.293. The highest BCUT2D eigenvalue weighted by Gasteiger charge is 2.17. The molecule has 4 aromatic rings. The molecule has 0 spiro atoms. The van der Waals surface area contributed by atoms with E-state index in [4.69, 9.17) is 10.7 Å². The summed E-state index contributed by atoms with van der Waals surface area (Å²) in [6.45, 7) is 4.79. The number of carbonyl (C=O) groups is 1. The van der Waals surface area contributed by atoms with E-state index in [2.05, 4.69) is 31.8 Å². The highest BCUT2D eigenvalue weighted by Crippen LogP contribution is 2.28. The maximum Gasteiger partial charge on any atom is 0.351 e. The van der Waals surface area contributed by atoms with E-state index in [0.717, 1.165) is 54.5 Å². The van der Waals surface area contributed by atoms with Crippen molar-refractivity contribution in [2.45, 2.75) is 59.0 Å². The molecule has 11 nitrogen and oxygen atoms in total. The first kappa shape index (κ1) is 24.1. The maximum atomic E-state index is 12.3. The standard InChI is InChI=1S/C24H30N8O3/c1-3-4-9-17-29-20-21(19-16(28-22(20)25)8-7-11-27-19)32(17)12-6-5-10-26-18(33)14-31-13-15(2)23(34)30-24(31)35/h7-8,11,13H,3-6,9-10,12,14H2,1-2H3,(H2,25,28)(H,26,33)(H,30,34,35). The minimum atomic E-state index is -0.663. The average molecular weight is 479 g/mol. The molecule has 0 fully saturated rings. The van der Waals surface area contributed by atoms with Gasteiger partial charge in [-0.2, -0.15) is 4.98 Å². The van der Waals surface area contributed by atoms with Crippen LogP contribution < -0.4 is 16.7 Å². The Hall–Kier alpha value is -4.02. The fourth-order valence-electron chi connectivity index (χ4n) is 4.07. The van der Waals surface area contributed by atoms with Crippen LogP contribution in [0.15, 0.2) is 29.3 Å². The number of aromatic nitrogens is 6. The Morgan fingerprint density at radius 3 is 2.80 bits per heavy atom. The van der Waals surface area contributed by atoms with Crippen LogP contribution in [0.3, 0.4) is 0 Å². The SMILES string of the molecule is CCCCc1nc2c(N)nc3cccnc3c2n1CCCCNC(=O)Cn1cc(C)c(O)nc1=O. The van der Waals surface area contributed by atoms with E-state index in [1.807, 2.05) is 12.1 Å². The van der Waals surface area contributed by atoms with Gasteiger partial charge in [0.25, 0.3) is 0 Å². The second-order valence-corrected chi connectivity index (χ2v) is 8.56. The Kier molecular flexibility index (Phi) is 7.23. The minimum Gasteiger partial charge on any atom is -0.493 e. The van der Waals surface area contributed by atoms with Gasteiger partial charge in [0.2, 0.25) is 11.8 Å². The largest absolute Gasteiger partial charge is 0.493 e. The summed E-state index contributed by atoms with van der Waals surface area (Å²) in [6.07, 6.45) is 7.63. The van der Waals surface area contributed by atoms with Gasteiger partial charge in [0.15, 0.2) is 5.82 Å². The van der Waals surface area contributed by atoms with E-state index in [-0.39, 0.29) is 18.3 Å². The number of nitrogens with zero attached hydrogens (tertiary/aromatic N) is 6. The molecule has 4 rings (SSSR count). The molecule has 0 saturated carbocycles. The Bertz CT molecular complexity index is 1430. The van der Waals surface area contributed by atoms with Crippen molar-refractivity contribution < 1.29 is 9.90 Å². The van der Waals surface area contributed by atoms with Gasteiger partial charge in [-0.1, -0.05) is 13.3 Å². The maximum absolute atomic E-state index is 12.3. The van der Waals surface area contributed by atoms with Gasteiger partial charge < -0.3 is 20.7 Å². The van der Waals surface area contributed by atoms with E-state index < -0.39 is 5.69 Å². The zero-order chi connectivity index (χ0) is 24.9. The van der Waals surface area contributed by atoms with Crippen molar-refractivity contribution in [3.8, 4) is 5.88 Å². The molecule has 0 aromatic carbocycles. The molecule has 35 heavy (non-hydrogen) atoms. The fraction of sp³-hybridized carbons (Fsp3) is 0.417. The number of fused-ring (bicyclic) bond motifs is 3. The Morgan fingerprint density at radius 1 is 1.17 bits per heavy atom. The van der Waals surface area contributed by atoms with Gasteiger partial charge in [0.1, 0.15) is 28.9 Å². The number of amides is 1. The number of nitrogens with one attached hydrogen (secondary N) is 1. The molecular weight excluding hydrogens is 448 g/mol. The van der Waals surface area contributed by atoms with Gasteiger partial charge in [0, 0.05) is 37.5 Å². The minimum absolute atomic E-state index is 0.149. The van der Waals surface area contributed by atoms with E-state index in [1.54, 1.807) is 13.1 Å². The summed E-state index contributed by atoms with van der Waals surface area (Å²) in [5.41, 5.74) is 9.10. The zero-order valence-electron chi connectivity index (χ0n) is 20.0. The van der Waals surface area contributed by atoms with Crippen molar-refractivity contribution in [2.75, 3.05) is 12.3 Å². The zero-order valence-corrected chi connectivity index (χ0v) is 20.0. The van der Waals surface area contributed by atoms with Gasteiger partial charge in [0.05, 0.1) is 5.52 Å². The first-order chi connectivity index (χ1) is 16.9.